The average Bonchev–Trinajstić information content (AvgIpc) is 2.37. The van der Waals surface area contributed by atoms with Crippen molar-refractivity contribution in [2.24, 2.45) is 0 Å². The molecule has 0 aromatic heterocycles. The second-order valence-electron chi connectivity index (χ2n) is 4.98. The largest absolute Gasteiger partial charge is 0.480 e. The SMILES string of the molecule is CCC[C@H](NC(=O)N(C)c1ccc(C)cc1C)C(=O)O. The highest BCUT2D eigenvalue weighted by Gasteiger charge is 2.21. The lowest BCUT2D eigenvalue weighted by molar-refractivity contribution is -0.139. The third-order valence-electron chi connectivity index (χ3n) is 3.19. The Balaban J connectivity index is 2.83. The lowest BCUT2D eigenvalue weighted by Gasteiger charge is -2.23. The number of carbonyl (C=O) groups excluding carboxylic acids is 1. The Labute approximate surface area is 119 Å². The summed E-state index contributed by atoms with van der Waals surface area (Å²) in [6.07, 6.45) is 1.12. The van der Waals surface area contributed by atoms with Crippen LogP contribution in [0.5, 0.6) is 0 Å². The molecule has 0 bridgehead atoms. The minimum absolute atomic E-state index is 0.405. The molecular formula is C15H22N2O3. The van der Waals surface area contributed by atoms with E-state index in [4.69, 9.17) is 5.11 Å². The number of aryl methyl sites for hydroxylation is 2. The molecule has 0 saturated carbocycles. The molecule has 0 aliphatic heterocycles. The maximum absolute atomic E-state index is 12.1. The molecule has 0 aliphatic rings. The van der Waals surface area contributed by atoms with Crippen molar-refractivity contribution in [3.63, 3.8) is 0 Å². The third kappa shape index (κ3) is 3.98. The summed E-state index contributed by atoms with van der Waals surface area (Å²) >= 11 is 0. The van der Waals surface area contributed by atoms with Crippen molar-refractivity contribution < 1.29 is 14.7 Å². The molecule has 2 amide bonds. The molecule has 0 saturated heterocycles. The van der Waals surface area contributed by atoms with Crippen LogP contribution in [0, 0.1) is 13.8 Å². The Morgan fingerprint density at radius 3 is 2.50 bits per heavy atom. The molecular weight excluding hydrogens is 256 g/mol. The van der Waals surface area contributed by atoms with Gasteiger partial charge >= 0.3 is 12.0 Å². The van der Waals surface area contributed by atoms with Crippen LogP contribution < -0.4 is 10.2 Å². The van der Waals surface area contributed by atoms with Crippen LogP contribution in [0.25, 0.3) is 0 Å². The minimum atomic E-state index is -1.01. The van der Waals surface area contributed by atoms with Gasteiger partial charge in [0.05, 0.1) is 0 Å². The van der Waals surface area contributed by atoms with E-state index in [2.05, 4.69) is 5.32 Å². The van der Waals surface area contributed by atoms with Crippen LogP contribution in [-0.4, -0.2) is 30.2 Å². The topological polar surface area (TPSA) is 69.6 Å². The van der Waals surface area contributed by atoms with Crippen LogP contribution in [0.2, 0.25) is 0 Å². The lowest BCUT2D eigenvalue weighted by atomic mass is 10.1. The van der Waals surface area contributed by atoms with E-state index in [9.17, 15) is 9.59 Å². The average molecular weight is 278 g/mol. The number of nitrogens with zero attached hydrogens (tertiary/aromatic N) is 1. The number of hydrogen-bond acceptors (Lipinski definition) is 2. The molecule has 1 aromatic carbocycles. The van der Waals surface area contributed by atoms with Crippen LogP contribution >= 0.6 is 0 Å². The number of carboxylic acid groups (broad SMARTS) is 1. The van der Waals surface area contributed by atoms with Crippen LogP contribution in [0.15, 0.2) is 18.2 Å². The van der Waals surface area contributed by atoms with E-state index in [0.29, 0.717) is 12.8 Å². The second-order valence-corrected chi connectivity index (χ2v) is 4.98. The van der Waals surface area contributed by atoms with Crippen LogP contribution in [0.3, 0.4) is 0 Å². The minimum Gasteiger partial charge on any atom is -0.480 e. The van der Waals surface area contributed by atoms with Crippen molar-refractivity contribution in [2.45, 2.75) is 39.7 Å². The number of anilines is 1. The number of nitrogens with one attached hydrogen (secondary N) is 1. The van der Waals surface area contributed by atoms with Gasteiger partial charge in [0.1, 0.15) is 6.04 Å². The Morgan fingerprint density at radius 2 is 2.00 bits per heavy atom. The normalized spacial score (nSPS) is 11.8. The summed E-state index contributed by atoms with van der Waals surface area (Å²) in [5.41, 5.74) is 2.87. The molecule has 20 heavy (non-hydrogen) atoms. The predicted molar refractivity (Wildman–Crippen MR) is 79.2 cm³/mol. The van der Waals surface area contributed by atoms with Gasteiger partial charge in [-0.05, 0) is 31.9 Å². The van der Waals surface area contributed by atoms with Crippen molar-refractivity contribution in [1.82, 2.24) is 5.32 Å². The molecule has 0 unspecified atom stereocenters. The monoisotopic (exact) mass is 278 g/mol. The highest BCUT2D eigenvalue weighted by atomic mass is 16.4. The Hall–Kier alpha value is -2.04. The fourth-order valence-electron chi connectivity index (χ4n) is 2.08. The molecule has 0 spiro atoms. The Bertz CT molecular complexity index is 500. The highest BCUT2D eigenvalue weighted by Crippen LogP contribution is 2.20. The summed E-state index contributed by atoms with van der Waals surface area (Å²) < 4.78 is 0. The van der Waals surface area contributed by atoms with Gasteiger partial charge in [-0.15, -0.1) is 0 Å². The summed E-state index contributed by atoms with van der Waals surface area (Å²) in [6.45, 7) is 5.79. The highest BCUT2D eigenvalue weighted by molar-refractivity contribution is 5.94. The molecule has 1 atom stereocenters. The number of rotatable bonds is 5. The molecule has 5 nitrogen and oxygen atoms in total. The first kappa shape index (κ1) is 16.0. The van der Waals surface area contributed by atoms with E-state index in [1.807, 2.05) is 39.0 Å². The van der Waals surface area contributed by atoms with E-state index in [0.717, 1.165) is 16.8 Å². The molecule has 1 aromatic rings. The van der Waals surface area contributed by atoms with Gasteiger partial charge < -0.3 is 10.4 Å². The quantitative estimate of drug-likeness (QED) is 0.870. The van der Waals surface area contributed by atoms with Gasteiger partial charge in [0.25, 0.3) is 0 Å². The summed E-state index contributed by atoms with van der Waals surface area (Å²) in [6, 6.07) is 4.52. The van der Waals surface area contributed by atoms with E-state index in [-0.39, 0.29) is 0 Å². The Kier molecular flexibility index (Phi) is 5.55. The zero-order valence-corrected chi connectivity index (χ0v) is 12.4. The lowest BCUT2D eigenvalue weighted by Crippen LogP contribution is -2.46. The van der Waals surface area contributed by atoms with Crippen molar-refractivity contribution in [3.05, 3.63) is 29.3 Å². The summed E-state index contributed by atoms with van der Waals surface area (Å²) in [5, 5.41) is 11.6. The van der Waals surface area contributed by atoms with Gasteiger partial charge in [0, 0.05) is 12.7 Å². The van der Waals surface area contributed by atoms with Gasteiger partial charge in [-0.3, -0.25) is 4.90 Å². The molecule has 5 heteroatoms. The number of carbonyl (C=O) groups is 2. The second kappa shape index (κ2) is 6.93. The molecule has 0 fully saturated rings. The van der Waals surface area contributed by atoms with Gasteiger partial charge in [-0.25, -0.2) is 9.59 Å². The van der Waals surface area contributed by atoms with Crippen molar-refractivity contribution >= 4 is 17.7 Å². The van der Waals surface area contributed by atoms with Gasteiger partial charge in [-0.1, -0.05) is 31.0 Å². The molecule has 0 heterocycles. The molecule has 0 radical (unpaired) electrons. The molecule has 2 N–H and O–H groups in total. The van der Waals surface area contributed by atoms with Crippen molar-refractivity contribution in [3.8, 4) is 0 Å². The number of urea groups is 1. The smallest absolute Gasteiger partial charge is 0.326 e. The van der Waals surface area contributed by atoms with Crippen molar-refractivity contribution in [1.29, 1.82) is 0 Å². The summed E-state index contributed by atoms with van der Waals surface area (Å²) in [4.78, 5) is 24.6. The number of hydrogen-bond donors (Lipinski definition) is 2. The number of amides is 2. The molecule has 1 rings (SSSR count). The first-order valence-electron chi connectivity index (χ1n) is 6.71. The van der Waals surface area contributed by atoms with Gasteiger partial charge in [-0.2, -0.15) is 0 Å². The van der Waals surface area contributed by atoms with Crippen molar-refractivity contribution in [2.75, 3.05) is 11.9 Å². The van der Waals surface area contributed by atoms with Crippen LogP contribution in [-0.2, 0) is 4.79 Å². The maximum Gasteiger partial charge on any atom is 0.326 e. The Morgan fingerprint density at radius 1 is 1.35 bits per heavy atom. The predicted octanol–water partition coefficient (Wildman–Crippen LogP) is 2.70. The standard InChI is InChI=1S/C15H22N2O3/c1-5-6-12(14(18)19)16-15(20)17(4)13-8-7-10(2)9-11(13)3/h7-9,12H,5-6H2,1-4H3,(H,16,20)(H,18,19)/t12-/m0/s1. The van der Waals surface area contributed by atoms with E-state index >= 15 is 0 Å². The fourth-order valence-corrected chi connectivity index (χ4v) is 2.08. The number of benzene rings is 1. The molecule has 110 valence electrons. The van der Waals surface area contributed by atoms with E-state index in [1.54, 1.807) is 7.05 Å². The third-order valence-corrected chi connectivity index (χ3v) is 3.19. The van der Waals surface area contributed by atoms with Gasteiger partial charge in [0.2, 0.25) is 0 Å². The van der Waals surface area contributed by atoms with Gasteiger partial charge in [0.15, 0.2) is 0 Å². The maximum atomic E-state index is 12.1. The fraction of sp³-hybridized carbons (Fsp3) is 0.467. The summed E-state index contributed by atoms with van der Waals surface area (Å²) in [7, 11) is 1.64. The van der Waals surface area contributed by atoms with Crippen LogP contribution in [0.1, 0.15) is 30.9 Å². The zero-order valence-electron chi connectivity index (χ0n) is 12.4. The summed E-state index contributed by atoms with van der Waals surface area (Å²) in [5.74, 6) is -1.01. The zero-order chi connectivity index (χ0) is 15.3. The first-order valence-corrected chi connectivity index (χ1v) is 6.71. The molecule has 0 aliphatic carbocycles. The number of aliphatic carboxylic acids is 1. The first-order chi connectivity index (χ1) is 9.36. The van der Waals surface area contributed by atoms with E-state index in [1.165, 1.54) is 4.90 Å². The van der Waals surface area contributed by atoms with E-state index < -0.39 is 18.0 Å². The number of carboxylic acids is 1. The van der Waals surface area contributed by atoms with Crippen LogP contribution in [0.4, 0.5) is 10.5 Å².